The van der Waals surface area contributed by atoms with Crippen LogP contribution in [-0.4, -0.2) is 49.2 Å². The number of likely N-dealkylation sites (tertiary alicyclic amines) is 1. The second-order valence-electron chi connectivity index (χ2n) is 7.73. The number of nitrogens with one attached hydrogen (secondary N) is 1. The zero-order valence-corrected chi connectivity index (χ0v) is 18.0. The number of hydrogen-bond donors (Lipinski definition) is 1. The van der Waals surface area contributed by atoms with Crippen molar-refractivity contribution >= 4 is 11.8 Å². The van der Waals surface area contributed by atoms with Crippen molar-refractivity contribution in [3.63, 3.8) is 0 Å². The fourth-order valence-corrected chi connectivity index (χ4v) is 3.63. The average Bonchev–Trinajstić information content (AvgIpc) is 2.81. The lowest BCUT2D eigenvalue weighted by Gasteiger charge is -2.32. The maximum absolute atomic E-state index is 12.9. The maximum atomic E-state index is 12.9. The first-order valence-corrected chi connectivity index (χ1v) is 10.5. The van der Waals surface area contributed by atoms with Crippen molar-refractivity contribution in [3.05, 3.63) is 59.7 Å². The zero-order chi connectivity index (χ0) is 24.7. The number of rotatable bonds is 8. The number of hydrogen-bond acceptors (Lipinski definition) is 4. The topological polar surface area (TPSA) is 67.9 Å². The standard InChI is InChI=1S/C23H23F5N2O4/c24-22(25)34-19-9-2-1-8-18(19)21(32)30-10-4-6-16(13-30)20(31)29-12-15-5-3-7-17(11-15)33-14-23(26,27)28/h1-3,5,7-9,11,16,22H,4,6,10,12-14H2,(H,29,31). The van der Waals surface area contributed by atoms with E-state index in [2.05, 4.69) is 10.1 Å². The van der Waals surface area contributed by atoms with Crippen molar-refractivity contribution < 1.29 is 41.0 Å². The smallest absolute Gasteiger partial charge is 0.422 e. The Kier molecular flexibility index (Phi) is 8.30. The molecule has 3 rings (SSSR count). The third-order valence-corrected chi connectivity index (χ3v) is 5.18. The van der Waals surface area contributed by atoms with Gasteiger partial charge in [0.1, 0.15) is 11.5 Å². The molecule has 0 saturated carbocycles. The minimum absolute atomic E-state index is 0.0143. The van der Waals surface area contributed by atoms with Crippen LogP contribution in [0.1, 0.15) is 28.8 Å². The quantitative estimate of drug-likeness (QED) is 0.562. The van der Waals surface area contributed by atoms with Crippen molar-refractivity contribution in [2.24, 2.45) is 5.92 Å². The predicted octanol–water partition coefficient (Wildman–Crippen LogP) is 4.40. The van der Waals surface area contributed by atoms with E-state index in [1.165, 1.54) is 47.4 Å². The largest absolute Gasteiger partial charge is 0.484 e. The molecule has 1 aliphatic rings. The van der Waals surface area contributed by atoms with Gasteiger partial charge in [-0.1, -0.05) is 24.3 Å². The Morgan fingerprint density at radius 1 is 1.12 bits per heavy atom. The molecule has 0 bridgehead atoms. The number of para-hydroxylation sites is 1. The zero-order valence-electron chi connectivity index (χ0n) is 18.0. The molecule has 11 heteroatoms. The van der Waals surface area contributed by atoms with Gasteiger partial charge in [-0.3, -0.25) is 9.59 Å². The number of ether oxygens (including phenoxy) is 2. The highest BCUT2D eigenvalue weighted by Gasteiger charge is 2.30. The Hall–Kier alpha value is -3.37. The van der Waals surface area contributed by atoms with E-state index < -0.39 is 31.2 Å². The van der Waals surface area contributed by atoms with Gasteiger partial charge in [0.25, 0.3) is 5.91 Å². The molecule has 1 aliphatic heterocycles. The lowest BCUT2D eigenvalue weighted by molar-refractivity contribution is -0.153. The summed E-state index contributed by atoms with van der Waals surface area (Å²) in [5.74, 6) is -1.56. The highest BCUT2D eigenvalue weighted by Crippen LogP contribution is 2.25. The van der Waals surface area contributed by atoms with Crippen LogP contribution >= 0.6 is 0 Å². The second-order valence-corrected chi connectivity index (χ2v) is 7.73. The van der Waals surface area contributed by atoms with E-state index in [1.54, 1.807) is 6.07 Å². The summed E-state index contributed by atoms with van der Waals surface area (Å²) < 4.78 is 71.4. The Balaban J connectivity index is 1.57. The summed E-state index contributed by atoms with van der Waals surface area (Å²) in [5.41, 5.74) is 0.536. The molecule has 1 unspecified atom stereocenters. The molecule has 1 saturated heterocycles. The van der Waals surface area contributed by atoms with Gasteiger partial charge in [0.15, 0.2) is 6.61 Å². The lowest BCUT2D eigenvalue weighted by atomic mass is 9.96. The van der Waals surface area contributed by atoms with Gasteiger partial charge < -0.3 is 19.7 Å². The number of nitrogens with zero attached hydrogens (tertiary/aromatic N) is 1. The number of halogens is 5. The Morgan fingerprint density at radius 3 is 2.62 bits per heavy atom. The average molecular weight is 486 g/mol. The number of piperidine rings is 1. The van der Waals surface area contributed by atoms with Crippen LogP contribution in [0.5, 0.6) is 11.5 Å². The van der Waals surface area contributed by atoms with Gasteiger partial charge in [-0.25, -0.2) is 0 Å². The normalized spacial score (nSPS) is 16.3. The van der Waals surface area contributed by atoms with E-state index in [4.69, 9.17) is 4.74 Å². The van der Waals surface area contributed by atoms with Crippen molar-refractivity contribution in [1.82, 2.24) is 10.2 Å². The molecule has 2 amide bonds. The molecular weight excluding hydrogens is 463 g/mol. The van der Waals surface area contributed by atoms with Crippen LogP contribution in [0.2, 0.25) is 0 Å². The van der Waals surface area contributed by atoms with Gasteiger partial charge in [-0.05, 0) is 42.7 Å². The first kappa shape index (κ1) is 25.3. The number of carbonyl (C=O) groups excluding carboxylic acids is 2. The summed E-state index contributed by atoms with van der Waals surface area (Å²) in [4.78, 5) is 27.0. The van der Waals surface area contributed by atoms with E-state index >= 15 is 0 Å². The van der Waals surface area contributed by atoms with Crippen LogP contribution in [0.25, 0.3) is 0 Å². The second kappa shape index (κ2) is 11.2. The van der Waals surface area contributed by atoms with Gasteiger partial charge in [0.2, 0.25) is 5.91 Å². The molecule has 184 valence electrons. The highest BCUT2D eigenvalue weighted by atomic mass is 19.4. The van der Waals surface area contributed by atoms with Gasteiger partial charge in [-0.15, -0.1) is 0 Å². The minimum atomic E-state index is -4.46. The van der Waals surface area contributed by atoms with Gasteiger partial charge in [0.05, 0.1) is 11.5 Å². The summed E-state index contributed by atoms with van der Waals surface area (Å²) in [6.07, 6.45) is -3.39. The molecule has 1 atom stereocenters. The van der Waals surface area contributed by atoms with Gasteiger partial charge >= 0.3 is 12.8 Å². The Bertz CT molecular complexity index is 999. The number of carbonyl (C=O) groups is 2. The molecule has 1 heterocycles. The van der Waals surface area contributed by atoms with Crippen molar-refractivity contribution in [2.45, 2.75) is 32.2 Å². The van der Waals surface area contributed by atoms with Crippen LogP contribution in [0.4, 0.5) is 22.0 Å². The van der Waals surface area contributed by atoms with Crippen LogP contribution in [0, 0.1) is 5.92 Å². The molecule has 34 heavy (non-hydrogen) atoms. The molecule has 0 radical (unpaired) electrons. The van der Waals surface area contributed by atoms with Crippen LogP contribution in [0.15, 0.2) is 48.5 Å². The number of alkyl halides is 5. The molecule has 2 aromatic carbocycles. The number of amides is 2. The minimum Gasteiger partial charge on any atom is -0.484 e. The predicted molar refractivity (Wildman–Crippen MR) is 112 cm³/mol. The maximum Gasteiger partial charge on any atom is 0.422 e. The van der Waals surface area contributed by atoms with Crippen molar-refractivity contribution in [2.75, 3.05) is 19.7 Å². The fraction of sp³-hybridized carbons (Fsp3) is 0.391. The van der Waals surface area contributed by atoms with Crippen molar-refractivity contribution in [1.29, 1.82) is 0 Å². The molecule has 1 N–H and O–H groups in total. The van der Waals surface area contributed by atoms with Gasteiger partial charge in [-0.2, -0.15) is 22.0 Å². The Morgan fingerprint density at radius 2 is 1.88 bits per heavy atom. The third kappa shape index (κ3) is 7.32. The summed E-state index contributed by atoms with van der Waals surface area (Å²) in [7, 11) is 0. The highest BCUT2D eigenvalue weighted by molar-refractivity contribution is 5.97. The molecule has 0 aromatic heterocycles. The number of benzene rings is 2. The van der Waals surface area contributed by atoms with E-state index in [-0.39, 0.29) is 36.1 Å². The lowest BCUT2D eigenvalue weighted by Crippen LogP contribution is -2.45. The fourth-order valence-electron chi connectivity index (χ4n) is 3.63. The Labute approximate surface area is 192 Å². The van der Waals surface area contributed by atoms with Crippen LogP contribution < -0.4 is 14.8 Å². The first-order valence-electron chi connectivity index (χ1n) is 10.5. The first-order chi connectivity index (χ1) is 16.1. The monoisotopic (exact) mass is 486 g/mol. The molecule has 6 nitrogen and oxygen atoms in total. The summed E-state index contributed by atoms with van der Waals surface area (Å²) >= 11 is 0. The third-order valence-electron chi connectivity index (χ3n) is 5.18. The molecule has 0 spiro atoms. The molecular formula is C23H23F5N2O4. The summed E-state index contributed by atoms with van der Waals surface area (Å²) in [6.45, 7) is -3.96. The van der Waals surface area contributed by atoms with Gasteiger partial charge in [0, 0.05) is 19.6 Å². The molecule has 1 fully saturated rings. The summed E-state index contributed by atoms with van der Waals surface area (Å²) in [6, 6.07) is 11.6. The van der Waals surface area contributed by atoms with E-state index in [9.17, 15) is 31.5 Å². The van der Waals surface area contributed by atoms with E-state index in [0.717, 1.165) is 0 Å². The summed E-state index contributed by atoms with van der Waals surface area (Å²) in [5, 5.41) is 2.73. The van der Waals surface area contributed by atoms with E-state index in [0.29, 0.717) is 24.9 Å². The molecule has 0 aliphatic carbocycles. The van der Waals surface area contributed by atoms with Crippen LogP contribution in [-0.2, 0) is 11.3 Å². The SMILES string of the molecule is O=C(NCc1cccc(OCC(F)(F)F)c1)C1CCCN(C(=O)c2ccccc2OC(F)F)C1. The van der Waals surface area contributed by atoms with Crippen molar-refractivity contribution in [3.8, 4) is 11.5 Å². The van der Waals surface area contributed by atoms with E-state index in [1.807, 2.05) is 0 Å². The van der Waals surface area contributed by atoms with Crippen LogP contribution in [0.3, 0.4) is 0 Å². The molecule has 2 aromatic rings.